The number of rotatable bonds is 8. The molecule has 0 atom stereocenters. The van der Waals surface area contributed by atoms with Gasteiger partial charge in [-0.15, -0.1) is 0 Å². The normalized spacial score (nSPS) is 15.9. The zero-order valence-electron chi connectivity index (χ0n) is 17.2. The molecule has 0 aromatic heterocycles. The summed E-state index contributed by atoms with van der Waals surface area (Å²) in [5, 5.41) is 8.02. The summed E-state index contributed by atoms with van der Waals surface area (Å²) >= 11 is 0. The van der Waals surface area contributed by atoms with Crippen molar-refractivity contribution in [1.82, 2.24) is 9.21 Å². The molecule has 0 aliphatic carbocycles. The van der Waals surface area contributed by atoms with Crippen LogP contribution in [0.15, 0.2) is 18.2 Å². The molecule has 2 amide bonds. The van der Waals surface area contributed by atoms with Crippen LogP contribution in [0.5, 0.6) is 0 Å². The average Bonchev–Trinajstić information content (AvgIpc) is 2.67. The minimum atomic E-state index is -3.75. The van der Waals surface area contributed by atoms with Crippen molar-refractivity contribution >= 4 is 27.7 Å². The summed E-state index contributed by atoms with van der Waals surface area (Å²) in [5.41, 5.74) is 2.76. The number of carbonyl (C=O) groups is 2. The van der Waals surface area contributed by atoms with E-state index in [1.54, 1.807) is 0 Å². The fraction of sp³-hybridized carbons (Fsp3) is 0.579. The number of nitrogens with one attached hydrogen (secondary N) is 1. The molecule has 1 aromatic carbocycles. The Hall–Kier alpha value is -2.01. The van der Waals surface area contributed by atoms with Gasteiger partial charge in [-0.3, -0.25) is 9.59 Å². The second-order valence-electron chi connectivity index (χ2n) is 7.27. The average molecular weight is 427 g/mol. The van der Waals surface area contributed by atoms with Crippen LogP contribution in [0, 0.1) is 19.8 Å². The number of amides is 2. The monoisotopic (exact) mass is 426 g/mol. The van der Waals surface area contributed by atoms with Gasteiger partial charge in [-0.25, -0.2) is 5.14 Å². The number of hydrogen-bond acceptors (Lipinski definition) is 5. The molecule has 0 saturated carbocycles. The molecule has 10 heteroatoms. The molecule has 0 spiro atoms. The quantitative estimate of drug-likeness (QED) is 0.631. The van der Waals surface area contributed by atoms with Crippen molar-refractivity contribution in [2.75, 3.05) is 45.2 Å². The third kappa shape index (κ3) is 6.49. The van der Waals surface area contributed by atoms with E-state index in [4.69, 9.17) is 9.88 Å². The lowest BCUT2D eigenvalue weighted by molar-refractivity contribution is -0.140. The fourth-order valence-electron chi connectivity index (χ4n) is 3.33. The van der Waals surface area contributed by atoms with Gasteiger partial charge >= 0.3 is 0 Å². The molecule has 1 fully saturated rings. The standard InChI is InChI=1S/C19H30N4O5S/c1-14-5-4-6-17(15(14)2)21-18(24)13-22(11-12-28-3)19(25)16-7-9-23(10-8-16)29(20,26)27/h4-6,16H,7-13H2,1-3H3,(H,21,24)(H2,20,26,27). The molecule has 0 bridgehead atoms. The molecule has 1 saturated heterocycles. The van der Waals surface area contributed by atoms with Crippen molar-refractivity contribution in [1.29, 1.82) is 0 Å². The van der Waals surface area contributed by atoms with Crippen LogP contribution < -0.4 is 10.5 Å². The maximum absolute atomic E-state index is 13.0. The Morgan fingerprint density at radius 1 is 1.28 bits per heavy atom. The first kappa shape index (κ1) is 23.3. The van der Waals surface area contributed by atoms with Crippen LogP contribution in [-0.2, 0) is 24.5 Å². The Morgan fingerprint density at radius 3 is 2.52 bits per heavy atom. The number of benzene rings is 1. The first-order valence-electron chi connectivity index (χ1n) is 9.55. The van der Waals surface area contributed by atoms with Gasteiger partial charge in [-0.1, -0.05) is 12.1 Å². The van der Waals surface area contributed by atoms with Gasteiger partial charge in [-0.2, -0.15) is 12.7 Å². The lowest BCUT2D eigenvalue weighted by atomic mass is 9.96. The van der Waals surface area contributed by atoms with E-state index in [1.807, 2.05) is 32.0 Å². The molecule has 2 rings (SSSR count). The minimum absolute atomic E-state index is 0.0923. The van der Waals surface area contributed by atoms with Gasteiger partial charge in [0.15, 0.2) is 0 Å². The summed E-state index contributed by atoms with van der Waals surface area (Å²) in [4.78, 5) is 27.0. The molecule has 0 radical (unpaired) electrons. The van der Waals surface area contributed by atoms with Crippen LogP contribution in [0.2, 0.25) is 0 Å². The summed E-state index contributed by atoms with van der Waals surface area (Å²) in [6, 6.07) is 5.66. The van der Waals surface area contributed by atoms with Crippen LogP contribution in [0.25, 0.3) is 0 Å². The second-order valence-corrected chi connectivity index (χ2v) is 8.81. The van der Waals surface area contributed by atoms with Gasteiger partial charge in [0, 0.05) is 38.3 Å². The zero-order chi connectivity index (χ0) is 21.6. The highest BCUT2D eigenvalue weighted by atomic mass is 32.2. The van der Waals surface area contributed by atoms with E-state index in [0.717, 1.165) is 16.8 Å². The van der Waals surface area contributed by atoms with E-state index in [9.17, 15) is 18.0 Å². The third-order valence-electron chi connectivity index (χ3n) is 5.25. The highest BCUT2D eigenvalue weighted by molar-refractivity contribution is 7.86. The topological polar surface area (TPSA) is 122 Å². The van der Waals surface area contributed by atoms with Crippen LogP contribution in [0.3, 0.4) is 0 Å². The number of nitrogens with two attached hydrogens (primary N) is 1. The van der Waals surface area contributed by atoms with Gasteiger partial charge < -0.3 is 15.0 Å². The highest BCUT2D eigenvalue weighted by Crippen LogP contribution is 2.21. The molecular formula is C19H30N4O5S. The Morgan fingerprint density at radius 2 is 1.93 bits per heavy atom. The largest absolute Gasteiger partial charge is 0.383 e. The number of nitrogens with zero attached hydrogens (tertiary/aromatic N) is 2. The number of anilines is 1. The molecule has 0 unspecified atom stereocenters. The second kappa shape index (κ2) is 10.1. The Balaban J connectivity index is 2.02. The van der Waals surface area contributed by atoms with Crippen molar-refractivity contribution in [3.05, 3.63) is 29.3 Å². The van der Waals surface area contributed by atoms with Crippen molar-refractivity contribution < 1.29 is 22.7 Å². The molecule has 1 aromatic rings. The SMILES string of the molecule is COCCN(CC(=O)Nc1cccc(C)c1C)C(=O)C1CCN(S(N)(=O)=O)CC1. The van der Waals surface area contributed by atoms with Gasteiger partial charge in [0.25, 0.3) is 10.2 Å². The van der Waals surface area contributed by atoms with Crippen molar-refractivity contribution in [3.8, 4) is 0 Å². The van der Waals surface area contributed by atoms with Crippen molar-refractivity contribution in [3.63, 3.8) is 0 Å². The van der Waals surface area contributed by atoms with E-state index in [-0.39, 0.29) is 43.9 Å². The van der Waals surface area contributed by atoms with E-state index in [1.165, 1.54) is 16.3 Å². The van der Waals surface area contributed by atoms with Crippen molar-refractivity contribution in [2.45, 2.75) is 26.7 Å². The maximum Gasteiger partial charge on any atom is 0.276 e. The molecule has 162 valence electrons. The van der Waals surface area contributed by atoms with Crippen LogP contribution in [-0.4, -0.2) is 69.3 Å². The smallest absolute Gasteiger partial charge is 0.276 e. The lowest BCUT2D eigenvalue weighted by Gasteiger charge is -2.32. The molecule has 9 nitrogen and oxygen atoms in total. The number of ether oxygens (including phenoxy) is 1. The fourth-order valence-corrected chi connectivity index (χ4v) is 4.05. The van der Waals surface area contributed by atoms with Crippen LogP contribution in [0.4, 0.5) is 5.69 Å². The van der Waals surface area contributed by atoms with Gasteiger partial charge in [-0.05, 0) is 43.9 Å². The zero-order valence-corrected chi connectivity index (χ0v) is 18.0. The number of hydrogen-bond donors (Lipinski definition) is 2. The third-order valence-corrected chi connectivity index (χ3v) is 6.34. The first-order valence-corrected chi connectivity index (χ1v) is 11.1. The van der Waals surface area contributed by atoms with E-state index in [2.05, 4.69) is 5.32 Å². The summed E-state index contributed by atoms with van der Waals surface area (Å²) in [6.45, 7) is 4.78. The number of aryl methyl sites for hydroxylation is 1. The number of piperidine rings is 1. The Kier molecular flexibility index (Phi) is 8.14. The van der Waals surface area contributed by atoms with E-state index in [0.29, 0.717) is 19.4 Å². The predicted octanol–water partition coefficient (Wildman–Crippen LogP) is 0.632. The molecule has 29 heavy (non-hydrogen) atoms. The Labute approximate surface area is 172 Å². The van der Waals surface area contributed by atoms with E-state index < -0.39 is 10.2 Å². The first-order chi connectivity index (χ1) is 13.6. The van der Waals surface area contributed by atoms with E-state index >= 15 is 0 Å². The minimum Gasteiger partial charge on any atom is -0.383 e. The molecule has 3 N–H and O–H groups in total. The Bertz CT molecular complexity index is 835. The predicted molar refractivity (Wildman–Crippen MR) is 110 cm³/mol. The number of carbonyl (C=O) groups excluding carboxylic acids is 2. The van der Waals surface area contributed by atoms with Gasteiger partial charge in [0.05, 0.1) is 13.2 Å². The summed E-state index contributed by atoms with van der Waals surface area (Å²) in [5.74, 6) is -0.810. The summed E-state index contributed by atoms with van der Waals surface area (Å²) in [7, 11) is -2.22. The van der Waals surface area contributed by atoms with Gasteiger partial charge in [0.2, 0.25) is 11.8 Å². The molecular weight excluding hydrogens is 396 g/mol. The van der Waals surface area contributed by atoms with Crippen LogP contribution in [0.1, 0.15) is 24.0 Å². The molecule has 1 aliphatic rings. The van der Waals surface area contributed by atoms with Crippen molar-refractivity contribution in [2.24, 2.45) is 11.1 Å². The lowest BCUT2D eigenvalue weighted by Crippen LogP contribution is -2.48. The molecule has 1 aliphatic heterocycles. The summed E-state index contributed by atoms with van der Waals surface area (Å²) < 4.78 is 29.1. The number of methoxy groups -OCH3 is 1. The molecule has 1 heterocycles. The maximum atomic E-state index is 13.0. The van der Waals surface area contributed by atoms with Gasteiger partial charge in [0.1, 0.15) is 0 Å². The summed E-state index contributed by atoms with van der Waals surface area (Å²) in [6.07, 6.45) is 0.745. The van der Waals surface area contributed by atoms with Crippen LogP contribution >= 0.6 is 0 Å². The highest BCUT2D eigenvalue weighted by Gasteiger charge is 2.32.